The van der Waals surface area contributed by atoms with Crippen molar-refractivity contribution < 1.29 is 31.1 Å². The van der Waals surface area contributed by atoms with E-state index in [1.54, 1.807) is 30.3 Å². The van der Waals surface area contributed by atoms with E-state index in [0.29, 0.717) is 17.7 Å². The van der Waals surface area contributed by atoms with Crippen LogP contribution in [-0.2, 0) is 22.4 Å². The number of methoxy groups -OCH3 is 1. The fraction of sp³-hybridized carbons (Fsp3) is 0.217. The van der Waals surface area contributed by atoms with Gasteiger partial charge in [-0.1, -0.05) is 18.2 Å². The van der Waals surface area contributed by atoms with Gasteiger partial charge in [0.05, 0.1) is 17.6 Å². The van der Waals surface area contributed by atoms with Crippen molar-refractivity contribution in [2.45, 2.75) is 17.5 Å². The summed E-state index contributed by atoms with van der Waals surface area (Å²) in [6.45, 7) is 0.0945. The molecule has 3 aromatic rings. The number of sulfone groups is 1. The zero-order valence-corrected chi connectivity index (χ0v) is 18.8. The van der Waals surface area contributed by atoms with Crippen molar-refractivity contribution in [1.29, 1.82) is 0 Å². The number of rotatable bonds is 5. The van der Waals surface area contributed by atoms with Crippen LogP contribution in [0.3, 0.4) is 0 Å². The number of carbonyl (C=O) groups excluding carboxylic acids is 1. The number of halogens is 3. The molecule has 0 aliphatic carbocycles. The second-order valence-electron chi connectivity index (χ2n) is 7.55. The molecular formula is C23H20F3N3O4S. The molecule has 7 nitrogen and oxygen atoms in total. The van der Waals surface area contributed by atoms with E-state index in [-0.39, 0.29) is 22.9 Å². The van der Waals surface area contributed by atoms with Crippen LogP contribution < -0.4 is 14.5 Å². The van der Waals surface area contributed by atoms with Gasteiger partial charge in [0.2, 0.25) is 0 Å². The van der Waals surface area contributed by atoms with Crippen LogP contribution in [0, 0.1) is 0 Å². The molecule has 0 atom stereocenters. The summed E-state index contributed by atoms with van der Waals surface area (Å²) in [5.41, 5.74) is -0.143. The van der Waals surface area contributed by atoms with Gasteiger partial charge in [-0.3, -0.25) is 14.8 Å². The van der Waals surface area contributed by atoms with Crippen LogP contribution >= 0.6 is 0 Å². The predicted octanol–water partition coefficient (Wildman–Crippen LogP) is 4.53. The maximum atomic E-state index is 13.6. The third kappa shape index (κ3) is 4.56. The van der Waals surface area contributed by atoms with E-state index in [4.69, 9.17) is 4.74 Å². The maximum Gasteiger partial charge on any atom is 0.420 e. The van der Waals surface area contributed by atoms with Gasteiger partial charge in [-0.15, -0.1) is 0 Å². The van der Waals surface area contributed by atoms with Crippen LogP contribution in [-0.4, -0.2) is 39.0 Å². The first kappa shape index (κ1) is 23.6. The number of fused-ring (bicyclic) bond motifs is 1. The highest BCUT2D eigenvalue weighted by Crippen LogP contribution is 2.42. The zero-order chi connectivity index (χ0) is 24.5. The molecule has 2 amide bonds. The number of hydrogen-bond acceptors (Lipinski definition) is 5. The topological polar surface area (TPSA) is 79.8 Å². The first-order valence-electron chi connectivity index (χ1n) is 10.2. The first-order chi connectivity index (χ1) is 16.1. The summed E-state index contributed by atoms with van der Waals surface area (Å²) in [6.07, 6.45) is -1.74. The lowest BCUT2D eigenvalue weighted by atomic mass is 10.1. The van der Waals surface area contributed by atoms with Gasteiger partial charge < -0.3 is 4.74 Å². The molecule has 1 aliphatic rings. The molecule has 2 aromatic carbocycles. The smallest absolute Gasteiger partial charge is 0.420 e. The number of aromatic nitrogens is 1. The Kier molecular flexibility index (Phi) is 6.22. The van der Waals surface area contributed by atoms with E-state index < -0.39 is 33.5 Å². The Hall–Kier alpha value is -3.60. The highest BCUT2D eigenvalue weighted by Gasteiger charge is 2.39. The number of amides is 2. The molecule has 34 heavy (non-hydrogen) atoms. The summed E-state index contributed by atoms with van der Waals surface area (Å²) in [7, 11) is -2.81. The Morgan fingerprint density at radius 2 is 1.79 bits per heavy atom. The van der Waals surface area contributed by atoms with E-state index in [9.17, 15) is 26.4 Å². The first-order valence-corrected chi connectivity index (χ1v) is 11.8. The molecule has 0 fully saturated rings. The molecule has 0 saturated heterocycles. The number of para-hydroxylation sites is 1. The Bertz CT molecular complexity index is 1300. The van der Waals surface area contributed by atoms with Gasteiger partial charge in [0.1, 0.15) is 11.6 Å². The van der Waals surface area contributed by atoms with E-state index in [0.717, 1.165) is 18.1 Å². The van der Waals surface area contributed by atoms with Crippen molar-refractivity contribution in [3.05, 3.63) is 78.1 Å². The molecule has 0 saturated carbocycles. The Morgan fingerprint density at radius 3 is 2.41 bits per heavy atom. The molecule has 2 heterocycles. The number of carbonyl (C=O) groups is 1. The predicted molar refractivity (Wildman–Crippen MR) is 120 cm³/mol. The average Bonchev–Trinajstić information content (AvgIpc) is 3.25. The average molecular weight is 491 g/mol. The lowest BCUT2D eigenvalue weighted by Gasteiger charge is -2.29. The van der Waals surface area contributed by atoms with E-state index in [1.165, 1.54) is 35.5 Å². The number of alkyl halides is 3. The number of hydrogen-bond donors (Lipinski definition) is 0. The quantitative estimate of drug-likeness (QED) is 0.524. The Labute approximate surface area is 194 Å². The third-order valence-electron chi connectivity index (χ3n) is 5.44. The monoisotopic (exact) mass is 491 g/mol. The molecule has 0 bridgehead atoms. The maximum absolute atomic E-state index is 13.6. The van der Waals surface area contributed by atoms with Gasteiger partial charge in [-0.25, -0.2) is 13.2 Å². The Balaban J connectivity index is 1.75. The second kappa shape index (κ2) is 8.98. The van der Waals surface area contributed by atoms with Crippen molar-refractivity contribution in [2.75, 3.05) is 29.3 Å². The van der Waals surface area contributed by atoms with Crippen LogP contribution in [0.5, 0.6) is 5.75 Å². The molecule has 11 heteroatoms. The number of benzene rings is 2. The van der Waals surface area contributed by atoms with Gasteiger partial charge in [-0.05, 0) is 48.4 Å². The minimum atomic E-state index is -4.69. The summed E-state index contributed by atoms with van der Waals surface area (Å²) >= 11 is 0. The molecule has 0 N–H and O–H groups in total. The van der Waals surface area contributed by atoms with Crippen molar-refractivity contribution in [2.24, 2.45) is 0 Å². The van der Waals surface area contributed by atoms with E-state index in [1.807, 2.05) is 0 Å². The number of pyridine rings is 1. The van der Waals surface area contributed by atoms with Gasteiger partial charge in [-0.2, -0.15) is 13.2 Å². The zero-order valence-electron chi connectivity index (χ0n) is 18.0. The summed E-state index contributed by atoms with van der Waals surface area (Å²) in [5, 5.41) is 0. The van der Waals surface area contributed by atoms with Gasteiger partial charge >= 0.3 is 12.2 Å². The SMILES string of the molecule is COc1cc2c(cc1C(F)(F)F)N(C(=O)N(CS(=O)(=O)c1ccncc1)c1ccccc1)CC2. The van der Waals surface area contributed by atoms with Crippen molar-refractivity contribution >= 4 is 27.2 Å². The van der Waals surface area contributed by atoms with Gasteiger partial charge in [0.25, 0.3) is 0 Å². The second-order valence-corrected chi connectivity index (χ2v) is 9.51. The normalized spacial score (nSPS) is 13.5. The van der Waals surface area contributed by atoms with E-state index >= 15 is 0 Å². The minimum absolute atomic E-state index is 0.0258. The van der Waals surface area contributed by atoms with Crippen LogP contribution in [0.2, 0.25) is 0 Å². The molecule has 1 aromatic heterocycles. The van der Waals surface area contributed by atoms with Gasteiger partial charge in [0.15, 0.2) is 9.84 Å². The number of nitrogens with zero attached hydrogens (tertiary/aromatic N) is 3. The highest BCUT2D eigenvalue weighted by molar-refractivity contribution is 7.91. The van der Waals surface area contributed by atoms with Gasteiger partial charge in [0, 0.05) is 30.3 Å². The van der Waals surface area contributed by atoms with Crippen molar-refractivity contribution in [1.82, 2.24) is 4.98 Å². The fourth-order valence-electron chi connectivity index (χ4n) is 3.79. The van der Waals surface area contributed by atoms with Crippen LogP contribution in [0.4, 0.5) is 29.3 Å². The summed E-state index contributed by atoms with van der Waals surface area (Å²) in [5.74, 6) is -1.03. The summed E-state index contributed by atoms with van der Waals surface area (Å²) in [4.78, 5) is 19.6. The molecule has 0 spiro atoms. The lowest BCUT2D eigenvalue weighted by molar-refractivity contribution is -0.138. The molecule has 178 valence electrons. The standard InChI is InChI=1S/C23H20F3N3O4S/c1-33-21-13-16-9-12-28(20(16)14-19(21)23(24,25)26)22(30)29(17-5-3-2-4-6-17)15-34(31,32)18-7-10-27-11-8-18/h2-8,10-11,13-14H,9,12,15H2,1H3. The van der Waals surface area contributed by atoms with Crippen molar-refractivity contribution in [3.63, 3.8) is 0 Å². The molecule has 0 unspecified atom stereocenters. The van der Waals surface area contributed by atoms with Crippen LogP contribution in [0.15, 0.2) is 71.9 Å². The molecule has 1 aliphatic heterocycles. The number of urea groups is 1. The molecule has 4 rings (SSSR count). The summed E-state index contributed by atoms with van der Waals surface area (Å²) < 4.78 is 71.8. The molecule has 0 radical (unpaired) electrons. The number of ether oxygens (including phenoxy) is 1. The highest BCUT2D eigenvalue weighted by atomic mass is 32.2. The number of anilines is 2. The Morgan fingerprint density at radius 1 is 1.12 bits per heavy atom. The molecular weight excluding hydrogens is 471 g/mol. The largest absolute Gasteiger partial charge is 0.496 e. The minimum Gasteiger partial charge on any atom is -0.496 e. The summed E-state index contributed by atoms with van der Waals surface area (Å²) in [6, 6.07) is 12.1. The fourth-order valence-corrected chi connectivity index (χ4v) is 5.07. The van der Waals surface area contributed by atoms with E-state index in [2.05, 4.69) is 4.98 Å². The lowest BCUT2D eigenvalue weighted by Crippen LogP contribution is -2.45. The third-order valence-corrected chi connectivity index (χ3v) is 7.03. The van der Waals surface area contributed by atoms with Crippen LogP contribution in [0.25, 0.3) is 0 Å². The van der Waals surface area contributed by atoms with Crippen LogP contribution in [0.1, 0.15) is 11.1 Å². The van der Waals surface area contributed by atoms with Crippen molar-refractivity contribution in [3.8, 4) is 5.75 Å².